The van der Waals surface area contributed by atoms with Gasteiger partial charge in [-0.3, -0.25) is 4.90 Å². The Morgan fingerprint density at radius 3 is 2.31 bits per heavy atom. The third kappa shape index (κ3) is 3.43. The summed E-state index contributed by atoms with van der Waals surface area (Å²) in [6.07, 6.45) is 2.19. The predicted octanol–water partition coefficient (Wildman–Crippen LogP) is 4.08. The quantitative estimate of drug-likeness (QED) is 0.646. The molecule has 142 valence electrons. The van der Waals surface area contributed by atoms with Crippen LogP contribution in [0, 0.1) is 17.0 Å². The molecule has 1 fully saturated rings. The average molecular weight is 367 g/mol. The van der Waals surface area contributed by atoms with E-state index in [1.807, 2.05) is 20.8 Å². The number of carbonyl (C=O) groups is 2. The second kappa shape index (κ2) is 7.05. The summed E-state index contributed by atoms with van der Waals surface area (Å²) in [5.41, 5.74) is -1.54. The number of rotatable bonds is 3. The summed E-state index contributed by atoms with van der Waals surface area (Å²) in [7, 11) is 1.23. The summed E-state index contributed by atoms with van der Waals surface area (Å²) in [4.78, 5) is 24.7. The largest absolute Gasteiger partial charge is 0.466 e. The van der Waals surface area contributed by atoms with Crippen LogP contribution in [0.25, 0.3) is 0 Å². The lowest BCUT2D eigenvalue weighted by Crippen LogP contribution is -2.55. The highest BCUT2D eigenvalue weighted by atomic mass is 19.1. The molecular formula is C19H23F2NO4. The van der Waals surface area contributed by atoms with Gasteiger partial charge in [-0.25, -0.2) is 18.4 Å². The molecule has 1 aliphatic rings. The Bertz CT molecular complexity index is 721. The third-order valence-electron chi connectivity index (χ3n) is 4.99. The first-order chi connectivity index (χ1) is 12.0. The van der Waals surface area contributed by atoms with Gasteiger partial charge in [-0.15, -0.1) is 0 Å². The number of methoxy groups -OCH3 is 1. The van der Waals surface area contributed by atoms with Crippen LogP contribution in [-0.4, -0.2) is 35.2 Å². The van der Waals surface area contributed by atoms with Crippen LogP contribution in [0.5, 0.6) is 0 Å². The van der Waals surface area contributed by atoms with E-state index in [1.54, 1.807) is 0 Å². The molecule has 1 N–H and O–H groups in total. The molecule has 0 radical (unpaired) electrons. The van der Waals surface area contributed by atoms with E-state index in [1.165, 1.54) is 36.3 Å². The maximum absolute atomic E-state index is 13.9. The van der Waals surface area contributed by atoms with Crippen LogP contribution in [0.3, 0.4) is 0 Å². The lowest BCUT2D eigenvalue weighted by atomic mass is 9.67. The van der Waals surface area contributed by atoms with Crippen molar-refractivity contribution in [1.29, 1.82) is 0 Å². The van der Waals surface area contributed by atoms with Gasteiger partial charge in [-0.05, 0) is 36.0 Å². The van der Waals surface area contributed by atoms with Crippen LogP contribution in [-0.2, 0) is 15.1 Å². The summed E-state index contributed by atoms with van der Waals surface area (Å²) in [6, 6.07) is 2.50. The number of likely N-dealkylation sites (tertiary alicyclic amines) is 1. The molecule has 1 amide bonds. The van der Waals surface area contributed by atoms with Gasteiger partial charge in [0.1, 0.15) is 11.6 Å². The maximum Gasteiger partial charge on any atom is 0.408 e. The summed E-state index contributed by atoms with van der Waals surface area (Å²) < 4.78 is 32.3. The van der Waals surface area contributed by atoms with Crippen LogP contribution in [0.4, 0.5) is 13.6 Å². The molecule has 5 nitrogen and oxygen atoms in total. The smallest absolute Gasteiger partial charge is 0.408 e. The van der Waals surface area contributed by atoms with Crippen molar-refractivity contribution < 1.29 is 28.2 Å². The van der Waals surface area contributed by atoms with Gasteiger partial charge in [-0.2, -0.15) is 0 Å². The van der Waals surface area contributed by atoms with Crippen molar-refractivity contribution in [2.45, 2.75) is 45.2 Å². The van der Waals surface area contributed by atoms with Gasteiger partial charge in [0.15, 0.2) is 0 Å². The molecule has 1 aliphatic heterocycles. The molecule has 26 heavy (non-hydrogen) atoms. The van der Waals surface area contributed by atoms with Crippen LogP contribution in [0.15, 0.2) is 30.4 Å². The Balaban J connectivity index is 2.63. The van der Waals surface area contributed by atoms with Crippen molar-refractivity contribution in [2.75, 3.05) is 7.11 Å². The minimum absolute atomic E-state index is 0.263. The molecule has 1 heterocycles. The summed E-state index contributed by atoms with van der Waals surface area (Å²) in [6.45, 7) is 5.49. The molecule has 7 heteroatoms. The second-order valence-electron chi connectivity index (χ2n) is 7.41. The average Bonchev–Trinajstić information content (AvgIpc) is 2.92. The van der Waals surface area contributed by atoms with E-state index >= 15 is 0 Å². The van der Waals surface area contributed by atoms with Crippen LogP contribution in [0.1, 0.15) is 39.2 Å². The second-order valence-corrected chi connectivity index (χ2v) is 7.41. The van der Waals surface area contributed by atoms with E-state index in [0.717, 1.165) is 6.07 Å². The molecule has 0 bridgehead atoms. The number of carbonyl (C=O) groups excluding carboxylic acids is 1. The lowest BCUT2D eigenvalue weighted by molar-refractivity contribution is -0.134. The number of nitrogens with zero attached hydrogens (tertiary/aromatic N) is 1. The number of amides is 1. The molecule has 1 aromatic carbocycles. The minimum Gasteiger partial charge on any atom is -0.466 e. The molecular weight excluding hydrogens is 344 g/mol. The Labute approximate surface area is 151 Å². The van der Waals surface area contributed by atoms with Gasteiger partial charge >= 0.3 is 12.1 Å². The first-order valence-corrected chi connectivity index (χ1v) is 8.28. The molecule has 0 spiro atoms. The zero-order valence-corrected chi connectivity index (χ0v) is 15.3. The number of esters is 1. The molecule has 0 unspecified atom stereocenters. The number of ether oxygens (including phenoxy) is 1. The van der Waals surface area contributed by atoms with Crippen molar-refractivity contribution in [2.24, 2.45) is 5.41 Å². The fourth-order valence-electron chi connectivity index (χ4n) is 3.88. The number of hydrogen-bond acceptors (Lipinski definition) is 3. The number of benzene rings is 1. The Morgan fingerprint density at radius 2 is 1.85 bits per heavy atom. The lowest BCUT2D eigenvalue weighted by Gasteiger charge is -2.48. The highest BCUT2D eigenvalue weighted by Crippen LogP contribution is 2.53. The molecule has 1 aromatic rings. The van der Waals surface area contributed by atoms with E-state index < -0.39 is 40.7 Å². The van der Waals surface area contributed by atoms with E-state index in [2.05, 4.69) is 4.74 Å². The monoisotopic (exact) mass is 367 g/mol. The predicted molar refractivity (Wildman–Crippen MR) is 91.5 cm³/mol. The molecule has 1 saturated heterocycles. The van der Waals surface area contributed by atoms with Crippen molar-refractivity contribution in [3.05, 3.63) is 47.5 Å². The van der Waals surface area contributed by atoms with Crippen LogP contribution in [0.2, 0.25) is 0 Å². The molecule has 0 saturated carbocycles. The standard InChI is InChI=1S/C19H23F2NO4/c1-18(2,3)19(12-9-13(20)11-14(21)10-12)8-7-15(22(19)17(24)25)5-6-16(23)26-4/h5-6,9-11,15H,7-8H2,1-4H3,(H,24,25)/t15-,19+/m0/s1. The molecule has 2 rings (SSSR count). The number of carboxylic acid groups (broad SMARTS) is 1. The maximum atomic E-state index is 13.9. The van der Waals surface area contributed by atoms with Crippen molar-refractivity contribution in [3.8, 4) is 0 Å². The number of hydrogen-bond donors (Lipinski definition) is 1. The van der Waals surface area contributed by atoms with Crippen molar-refractivity contribution in [1.82, 2.24) is 4.90 Å². The summed E-state index contributed by atoms with van der Waals surface area (Å²) in [5.74, 6) is -2.12. The molecule has 2 atom stereocenters. The normalized spacial score (nSPS) is 23.5. The van der Waals surface area contributed by atoms with Gasteiger partial charge < -0.3 is 9.84 Å². The van der Waals surface area contributed by atoms with Gasteiger partial charge in [0.25, 0.3) is 0 Å². The molecule has 0 aromatic heterocycles. The van der Waals surface area contributed by atoms with E-state index in [-0.39, 0.29) is 5.56 Å². The first kappa shape index (κ1) is 19.9. The third-order valence-corrected chi connectivity index (χ3v) is 4.99. The summed E-state index contributed by atoms with van der Waals surface area (Å²) >= 11 is 0. The van der Waals surface area contributed by atoms with E-state index in [4.69, 9.17) is 0 Å². The Kier molecular flexibility index (Phi) is 5.39. The number of halogens is 2. The highest BCUT2D eigenvalue weighted by Gasteiger charge is 2.56. The topological polar surface area (TPSA) is 66.8 Å². The zero-order valence-electron chi connectivity index (χ0n) is 15.3. The van der Waals surface area contributed by atoms with Gasteiger partial charge in [0.05, 0.1) is 18.7 Å². The zero-order chi connectivity index (χ0) is 19.7. The van der Waals surface area contributed by atoms with E-state index in [9.17, 15) is 23.5 Å². The van der Waals surface area contributed by atoms with Gasteiger partial charge in [-0.1, -0.05) is 26.8 Å². The van der Waals surface area contributed by atoms with Crippen molar-refractivity contribution >= 4 is 12.1 Å². The van der Waals surface area contributed by atoms with Gasteiger partial charge in [0, 0.05) is 12.1 Å². The van der Waals surface area contributed by atoms with Gasteiger partial charge in [0.2, 0.25) is 0 Å². The fraction of sp³-hybridized carbons (Fsp3) is 0.474. The Hall–Kier alpha value is -2.44. The molecule has 0 aliphatic carbocycles. The van der Waals surface area contributed by atoms with Crippen LogP contribution < -0.4 is 0 Å². The SMILES string of the molecule is COC(=O)C=C[C@H]1CC[C@@](c2cc(F)cc(F)c2)(C(C)(C)C)N1C(=O)O. The Morgan fingerprint density at radius 1 is 1.27 bits per heavy atom. The first-order valence-electron chi connectivity index (χ1n) is 8.28. The van der Waals surface area contributed by atoms with Crippen molar-refractivity contribution in [3.63, 3.8) is 0 Å². The summed E-state index contributed by atoms with van der Waals surface area (Å²) in [5, 5.41) is 9.89. The van der Waals surface area contributed by atoms with E-state index in [0.29, 0.717) is 12.8 Å². The fourth-order valence-corrected chi connectivity index (χ4v) is 3.88. The van der Waals surface area contributed by atoms with Crippen LogP contribution >= 0.6 is 0 Å². The highest BCUT2D eigenvalue weighted by molar-refractivity contribution is 5.82. The minimum atomic E-state index is -1.22.